The van der Waals surface area contributed by atoms with E-state index in [9.17, 15) is 24.6 Å². The third-order valence-electron chi connectivity index (χ3n) is 11.5. The maximum Gasteiger partial charge on any atom is 0.311 e. The molecule has 2 N–H and O–H groups in total. The Morgan fingerprint density at radius 3 is 2.36 bits per heavy atom. The van der Waals surface area contributed by atoms with Gasteiger partial charge in [-0.05, 0) is 32.6 Å². The van der Waals surface area contributed by atoms with Gasteiger partial charge in [0.2, 0.25) is 5.79 Å². The quantitative estimate of drug-likeness (QED) is 0.370. The molecule has 7 aliphatic rings. The van der Waals surface area contributed by atoms with E-state index in [4.69, 9.17) is 23.7 Å². The molecule has 216 valence electrons. The zero-order chi connectivity index (χ0) is 27.9. The number of hydrogen-bond acceptors (Lipinski definition) is 10. The van der Waals surface area contributed by atoms with Crippen LogP contribution in [0.1, 0.15) is 79.6 Å². The fraction of sp³-hybridized carbons (Fsp3) is 0.897. The number of aliphatic hydroxyl groups excluding tert-OH is 1. The minimum atomic E-state index is -1.35. The van der Waals surface area contributed by atoms with E-state index in [1.807, 2.05) is 27.7 Å². The minimum absolute atomic E-state index is 0.0115. The van der Waals surface area contributed by atoms with Gasteiger partial charge < -0.3 is 33.9 Å². The summed E-state index contributed by atoms with van der Waals surface area (Å²) in [5.41, 5.74) is -3.94. The highest BCUT2D eigenvalue weighted by Crippen LogP contribution is 2.66. The molecule has 0 radical (unpaired) electrons. The first-order chi connectivity index (χ1) is 18.1. The van der Waals surface area contributed by atoms with Crippen LogP contribution in [0, 0.1) is 35.0 Å². The van der Waals surface area contributed by atoms with E-state index in [0.29, 0.717) is 19.3 Å². The van der Waals surface area contributed by atoms with Crippen LogP contribution in [0.3, 0.4) is 0 Å². The number of fused-ring (bicyclic) bond motifs is 3. The molecule has 2 spiro atoms. The van der Waals surface area contributed by atoms with Gasteiger partial charge in [0.1, 0.15) is 17.8 Å². The summed E-state index contributed by atoms with van der Waals surface area (Å²) in [6, 6.07) is 0. The van der Waals surface area contributed by atoms with Crippen molar-refractivity contribution in [1.82, 2.24) is 0 Å². The lowest BCUT2D eigenvalue weighted by atomic mass is 9.63. The number of hydrogen-bond donors (Lipinski definition) is 2. The molecule has 5 aliphatic heterocycles. The van der Waals surface area contributed by atoms with Gasteiger partial charge in [-0.15, -0.1) is 0 Å². The van der Waals surface area contributed by atoms with Gasteiger partial charge in [-0.25, -0.2) is 0 Å². The Labute approximate surface area is 228 Å². The van der Waals surface area contributed by atoms with Gasteiger partial charge in [-0.2, -0.15) is 0 Å². The summed E-state index contributed by atoms with van der Waals surface area (Å²) < 4.78 is 30.6. The summed E-state index contributed by atoms with van der Waals surface area (Å²) in [5, 5.41) is 24.0. The maximum absolute atomic E-state index is 13.2. The molecule has 39 heavy (non-hydrogen) atoms. The molecule has 0 bridgehead atoms. The van der Waals surface area contributed by atoms with Crippen LogP contribution in [0.25, 0.3) is 0 Å². The van der Waals surface area contributed by atoms with Crippen LogP contribution in [0.2, 0.25) is 0 Å². The molecule has 10 heteroatoms. The van der Waals surface area contributed by atoms with Gasteiger partial charge in [-0.3, -0.25) is 14.4 Å². The van der Waals surface area contributed by atoms with E-state index in [0.717, 1.165) is 0 Å². The Bertz CT molecular complexity index is 1140. The van der Waals surface area contributed by atoms with Gasteiger partial charge in [0, 0.05) is 36.5 Å². The molecule has 13 unspecified atom stereocenters. The highest BCUT2D eigenvalue weighted by molar-refractivity contribution is 5.75. The molecular formula is C29H40O10. The molecule has 2 aliphatic carbocycles. The first-order valence-corrected chi connectivity index (χ1v) is 14.5. The topological polar surface area (TPSA) is 138 Å². The number of ether oxygens (including phenoxy) is 5. The summed E-state index contributed by atoms with van der Waals surface area (Å²) >= 11 is 0. The summed E-state index contributed by atoms with van der Waals surface area (Å²) in [4.78, 5) is 38.0. The normalized spacial score (nSPS) is 57.3. The fourth-order valence-electron chi connectivity index (χ4n) is 10.4. The Hall–Kier alpha value is -1.75. The van der Waals surface area contributed by atoms with Gasteiger partial charge >= 0.3 is 17.9 Å². The molecule has 13 atom stereocenters. The molecule has 7 rings (SSSR count). The fourth-order valence-corrected chi connectivity index (χ4v) is 10.4. The zero-order valence-corrected chi connectivity index (χ0v) is 23.3. The molecule has 10 nitrogen and oxygen atoms in total. The van der Waals surface area contributed by atoms with Crippen LogP contribution in [0.15, 0.2) is 0 Å². The standard InChI is InChI=1S/C29H40O10/c1-13-8-28(9-14(2)24(33)39-28)38-23(13)26(5)11-20(32)35-21-15-6-17(30)22-25(3,4)36-18-7-19(31)37-29(18,22)12-27(15,34)10-16(21)26/h13-18,21-23,30,34H,6-12H2,1-5H3. The van der Waals surface area contributed by atoms with E-state index < -0.39 is 58.2 Å². The summed E-state index contributed by atoms with van der Waals surface area (Å²) in [7, 11) is 0. The molecule has 0 amide bonds. The van der Waals surface area contributed by atoms with Crippen molar-refractivity contribution in [3.8, 4) is 0 Å². The van der Waals surface area contributed by atoms with Gasteiger partial charge in [0.05, 0.1) is 48.1 Å². The van der Waals surface area contributed by atoms with Gasteiger partial charge in [0.25, 0.3) is 0 Å². The summed E-state index contributed by atoms with van der Waals surface area (Å²) in [6.07, 6.45) is -0.628. The third kappa shape index (κ3) is 3.37. The maximum atomic E-state index is 13.2. The van der Waals surface area contributed by atoms with E-state index in [-0.39, 0.29) is 67.4 Å². The van der Waals surface area contributed by atoms with E-state index in [2.05, 4.69) is 6.92 Å². The van der Waals surface area contributed by atoms with Crippen molar-refractivity contribution in [1.29, 1.82) is 0 Å². The predicted octanol–water partition coefficient (Wildman–Crippen LogP) is 2.01. The Balaban J connectivity index is 1.25. The lowest BCUT2D eigenvalue weighted by Gasteiger charge is -2.47. The van der Waals surface area contributed by atoms with Crippen LogP contribution in [-0.2, 0) is 38.1 Å². The van der Waals surface area contributed by atoms with Gasteiger partial charge in [-0.1, -0.05) is 20.8 Å². The first-order valence-electron chi connectivity index (χ1n) is 14.5. The SMILES string of the molecule is CC1CC2(CC(C)C(C3(C)CC(=O)OC4C5CC(O)C6C(C)(C)OC7CC(=O)OC76CC5(O)CC43)O2)OC1=O. The van der Waals surface area contributed by atoms with Crippen LogP contribution in [-0.4, -0.2) is 75.1 Å². The van der Waals surface area contributed by atoms with Crippen LogP contribution < -0.4 is 0 Å². The summed E-state index contributed by atoms with van der Waals surface area (Å²) in [6.45, 7) is 9.71. The molecule has 0 aromatic heterocycles. The lowest BCUT2D eigenvalue weighted by molar-refractivity contribution is -0.234. The molecule has 0 aromatic rings. The second-order valence-corrected chi connectivity index (χ2v) is 14.6. The second-order valence-electron chi connectivity index (χ2n) is 14.6. The van der Waals surface area contributed by atoms with Crippen LogP contribution in [0.5, 0.6) is 0 Å². The van der Waals surface area contributed by atoms with Crippen molar-refractivity contribution in [2.24, 2.45) is 35.0 Å². The number of carbonyl (C=O) groups excluding carboxylic acids is 3. The molecule has 5 saturated heterocycles. The smallest absolute Gasteiger partial charge is 0.311 e. The molecule has 2 saturated carbocycles. The second kappa shape index (κ2) is 7.75. The number of rotatable bonds is 1. The minimum Gasteiger partial charge on any atom is -0.462 e. The molecule has 5 heterocycles. The van der Waals surface area contributed by atoms with Crippen molar-refractivity contribution in [3.63, 3.8) is 0 Å². The van der Waals surface area contributed by atoms with E-state index in [1.165, 1.54) is 0 Å². The average Bonchev–Trinajstić information content (AvgIpc) is 3.48. The number of carbonyl (C=O) groups is 3. The molecular weight excluding hydrogens is 508 g/mol. The first kappa shape index (κ1) is 26.2. The Morgan fingerprint density at radius 1 is 0.923 bits per heavy atom. The molecule has 7 fully saturated rings. The zero-order valence-electron chi connectivity index (χ0n) is 23.3. The molecule has 0 aromatic carbocycles. The van der Waals surface area contributed by atoms with Crippen molar-refractivity contribution in [3.05, 3.63) is 0 Å². The van der Waals surface area contributed by atoms with Gasteiger partial charge in [0.15, 0.2) is 0 Å². The third-order valence-corrected chi connectivity index (χ3v) is 11.5. The average molecular weight is 549 g/mol. The van der Waals surface area contributed by atoms with Crippen molar-refractivity contribution < 1.29 is 48.3 Å². The number of esters is 3. The van der Waals surface area contributed by atoms with Crippen LogP contribution >= 0.6 is 0 Å². The van der Waals surface area contributed by atoms with E-state index in [1.54, 1.807) is 0 Å². The number of aliphatic hydroxyl groups is 2. The summed E-state index contributed by atoms with van der Waals surface area (Å²) in [5.74, 6) is -3.55. The highest BCUT2D eigenvalue weighted by atomic mass is 16.7. The predicted molar refractivity (Wildman–Crippen MR) is 132 cm³/mol. The van der Waals surface area contributed by atoms with E-state index >= 15 is 0 Å². The monoisotopic (exact) mass is 548 g/mol. The Morgan fingerprint density at radius 2 is 1.67 bits per heavy atom. The largest absolute Gasteiger partial charge is 0.462 e. The van der Waals surface area contributed by atoms with Crippen molar-refractivity contribution in [2.75, 3.05) is 0 Å². The lowest BCUT2D eigenvalue weighted by Crippen LogP contribution is -2.53. The highest BCUT2D eigenvalue weighted by Gasteiger charge is 2.75. The Kier molecular flexibility index (Phi) is 5.20. The van der Waals surface area contributed by atoms with Crippen molar-refractivity contribution in [2.45, 2.75) is 127 Å². The van der Waals surface area contributed by atoms with Crippen molar-refractivity contribution >= 4 is 17.9 Å². The van der Waals surface area contributed by atoms with Crippen LogP contribution in [0.4, 0.5) is 0 Å².